The molecule has 0 unspecified atom stereocenters. The quantitative estimate of drug-likeness (QED) is 0.821. The number of benzene rings is 2. The molecule has 3 nitrogen and oxygen atoms in total. The molecule has 2 heterocycles. The van der Waals surface area contributed by atoms with Gasteiger partial charge in [0, 0.05) is 12.6 Å². The summed E-state index contributed by atoms with van der Waals surface area (Å²) in [6.07, 6.45) is 5.85. The number of aliphatic imine (C=N–C) groups is 1. The molecule has 0 radical (unpaired) electrons. The predicted molar refractivity (Wildman–Crippen MR) is 98.9 cm³/mol. The molecule has 1 fully saturated rings. The molecular weight excluding hydrogens is 296 g/mol. The van der Waals surface area contributed by atoms with Crippen molar-refractivity contribution in [3.63, 3.8) is 0 Å². The van der Waals surface area contributed by atoms with Crippen LogP contribution in [-0.2, 0) is 0 Å². The normalized spacial score (nSPS) is 21.5. The van der Waals surface area contributed by atoms with Gasteiger partial charge in [-0.25, -0.2) is 4.99 Å². The first-order valence-electron chi connectivity index (χ1n) is 8.59. The number of hydrogen-bond acceptors (Lipinski definition) is 2. The number of nitrogens with zero attached hydrogens (tertiary/aromatic N) is 2. The second-order valence-electron chi connectivity index (χ2n) is 6.37. The monoisotopic (exact) mass is 318 g/mol. The van der Waals surface area contributed by atoms with E-state index in [0.29, 0.717) is 6.04 Å². The zero-order chi connectivity index (χ0) is 16.4. The molecule has 24 heavy (non-hydrogen) atoms. The highest BCUT2D eigenvalue weighted by molar-refractivity contribution is 6.03. The zero-order valence-electron chi connectivity index (χ0n) is 14.0. The second kappa shape index (κ2) is 6.52. The van der Waals surface area contributed by atoms with Crippen LogP contribution in [0.15, 0.2) is 65.7 Å². The highest BCUT2D eigenvalue weighted by atomic mass is 16.5. The van der Waals surface area contributed by atoms with Gasteiger partial charge in [-0.1, -0.05) is 42.5 Å². The molecule has 122 valence electrons. The predicted octanol–water partition coefficient (Wildman–Crippen LogP) is 4.68. The number of amidine groups is 1. The van der Waals surface area contributed by atoms with Gasteiger partial charge in [0.15, 0.2) is 0 Å². The lowest BCUT2D eigenvalue weighted by Gasteiger charge is -2.32. The van der Waals surface area contributed by atoms with E-state index in [1.54, 1.807) is 7.11 Å². The summed E-state index contributed by atoms with van der Waals surface area (Å²) >= 11 is 0. The van der Waals surface area contributed by atoms with Crippen LogP contribution < -0.4 is 4.74 Å². The molecule has 2 aliphatic rings. The van der Waals surface area contributed by atoms with E-state index in [9.17, 15) is 0 Å². The Morgan fingerprint density at radius 1 is 1.04 bits per heavy atom. The molecule has 2 aromatic carbocycles. The van der Waals surface area contributed by atoms with Gasteiger partial charge in [0.1, 0.15) is 17.3 Å². The van der Waals surface area contributed by atoms with Crippen molar-refractivity contribution in [1.29, 1.82) is 0 Å². The molecule has 0 saturated carbocycles. The zero-order valence-corrected chi connectivity index (χ0v) is 14.0. The summed E-state index contributed by atoms with van der Waals surface area (Å²) in [4.78, 5) is 7.41. The maximum atomic E-state index is 5.46. The van der Waals surface area contributed by atoms with Crippen molar-refractivity contribution in [2.75, 3.05) is 13.7 Å². The Labute approximate surface area is 143 Å². The number of rotatable bonds is 3. The molecular formula is C21H22N2O. The van der Waals surface area contributed by atoms with E-state index in [-0.39, 0.29) is 0 Å². The molecule has 0 N–H and O–H groups in total. The van der Waals surface area contributed by atoms with Crippen molar-refractivity contribution < 1.29 is 4.74 Å². The summed E-state index contributed by atoms with van der Waals surface area (Å²) in [5.74, 6) is 1.88. The lowest BCUT2D eigenvalue weighted by Crippen LogP contribution is -2.37. The molecule has 1 saturated heterocycles. The molecule has 0 aliphatic carbocycles. The third-order valence-corrected chi connectivity index (χ3v) is 4.90. The summed E-state index contributed by atoms with van der Waals surface area (Å²) in [7, 11) is 1.70. The molecule has 4 rings (SSSR count). The van der Waals surface area contributed by atoms with Crippen molar-refractivity contribution >= 4 is 17.1 Å². The van der Waals surface area contributed by atoms with Crippen LogP contribution in [0.5, 0.6) is 5.75 Å². The van der Waals surface area contributed by atoms with Crippen LogP contribution in [0.3, 0.4) is 0 Å². The highest BCUT2D eigenvalue weighted by Crippen LogP contribution is 2.35. The van der Waals surface area contributed by atoms with Crippen LogP contribution >= 0.6 is 0 Å². The molecule has 0 amide bonds. The third kappa shape index (κ3) is 2.82. The van der Waals surface area contributed by atoms with Crippen molar-refractivity contribution in [2.24, 2.45) is 4.99 Å². The average Bonchev–Trinajstić information content (AvgIpc) is 3.12. The summed E-state index contributed by atoms with van der Waals surface area (Å²) in [6.45, 7) is 1.09. The van der Waals surface area contributed by atoms with Gasteiger partial charge in [-0.15, -0.1) is 0 Å². The van der Waals surface area contributed by atoms with Gasteiger partial charge in [-0.05, 0) is 48.6 Å². The Balaban J connectivity index is 1.77. The summed E-state index contributed by atoms with van der Waals surface area (Å²) in [5, 5.41) is 0. The van der Waals surface area contributed by atoms with E-state index in [0.717, 1.165) is 30.2 Å². The SMILES string of the molecule is COc1ccccc1N=C1C=C(c2ccccc2)C[C@@H]2CCCN12. The molecule has 0 bridgehead atoms. The van der Waals surface area contributed by atoms with Crippen LogP contribution in [0.4, 0.5) is 5.69 Å². The third-order valence-electron chi connectivity index (χ3n) is 4.90. The van der Waals surface area contributed by atoms with Crippen LogP contribution in [0.25, 0.3) is 5.57 Å². The van der Waals surface area contributed by atoms with Gasteiger partial charge >= 0.3 is 0 Å². The Morgan fingerprint density at radius 3 is 2.67 bits per heavy atom. The fourth-order valence-corrected chi connectivity index (χ4v) is 3.70. The minimum absolute atomic E-state index is 0.568. The van der Waals surface area contributed by atoms with Crippen LogP contribution in [0, 0.1) is 0 Å². The number of ether oxygens (including phenoxy) is 1. The first-order valence-corrected chi connectivity index (χ1v) is 8.59. The minimum Gasteiger partial charge on any atom is -0.494 e. The fourth-order valence-electron chi connectivity index (χ4n) is 3.70. The number of methoxy groups -OCH3 is 1. The number of para-hydroxylation sites is 2. The van der Waals surface area contributed by atoms with Crippen molar-refractivity contribution in [3.05, 3.63) is 66.2 Å². The fraction of sp³-hybridized carbons (Fsp3) is 0.286. The van der Waals surface area contributed by atoms with E-state index in [1.807, 2.05) is 24.3 Å². The Bertz CT molecular complexity index is 779. The van der Waals surface area contributed by atoms with Gasteiger partial charge in [-0.2, -0.15) is 0 Å². The number of hydrogen-bond donors (Lipinski definition) is 0. The first-order chi connectivity index (χ1) is 11.8. The highest BCUT2D eigenvalue weighted by Gasteiger charge is 2.31. The first kappa shape index (κ1) is 15.0. The molecule has 2 aliphatic heterocycles. The topological polar surface area (TPSA) is 24.8 Å². The summed E-state index contributed by atoms with van der Waals surface area (Å²) < 4.78 is 5.46. The van der Waals surface area contributed by atoms with Gasteiger partial charge in [0.05, 0.1) is 7.11 Å². The smallest absolute Gasteiger partial charge is 0.144 e. The van der Waals surface area contributed by atoms with E-state index in [2.05, 4.69) is 41.3 Å². The Morgan fingerprint density at radius 2 is 1.83 bits per heavy atom. The summed E-state index contributed by atoms with van der Waals surface area (Å²) in [6, 6.07) is 19.2. The standard InChI is InChI=1S/C21H22N2O/c1-24-20-12-6-5-11-19(20)22-21-15-17(16-8-3-2-4-9-16)14-18-10-7-13-23(18)21/h2-6,8-9,11-12,15,18H,7,10,13-14H2,1H3/t18-/m0/s1. The van der Waals surface area contributed by atoms with E-state index in [4.69, 9.17) is 9.73 Å². The van der Waals surface area contributed by atoms with Crippen LogP contribution in [0.2, 0.25) is 0 Å². The molecule has 3 heteroatoms. The van der Waals surface area contributed by atoms with Crippen LogP contribution in [-0.4, -0.2) is 30.4 Å². The largest absolute Gasteiger partial charge is 0.494 e. The second-order valence-corrected chi connectivity index (χ2v) is 6.37. The summed E-state index contributed by atoms with van der Waals surface area (Å²) in [5.41, 5.74) is 3.58. The Kier molecular flexibility index (Phi) is 4.08. The van der Waals surface area contributed by atoms with Gasteiger partial charge in [-0.3, -0.25) is 0 Å². The Hall–Kier alpha value is -2.55. The van der Waals surface area contributed by atoms with Crippen LogP contribution in [0.1, 0.15) is 24.8 Å². The lowest BCUT2D eigenvalue weighted by atomic mass is 9.94. The lowest BCUT2D eigenvalue weighted by molar-refractivity contribution is 0.389. The van der Waals surface area contributed by atoms with Crippen molar-refractivity contribution in [3.8, 4) is 5.75 Å². The van der Waals surface area contributed by atoms with Gasteiger partial charge in [0.25, 0.3) is 0 Å². The van der Waals surface area contributed by atoms with Crippen molar-refractivity contribution in [1.82, 2.24) is 4.90 Å². The molecule has 0 aromatic heterocycles. The molecule has 1 atom stereocenters. The van der Waals surface area contributed by atoms with Gasteiger partial charge in [0.2, 0.25) is 0 Å². The molecule has 2 aromatic rings. The van der Waals surface area contributed by atoms with E-state index in [1.165, 1.54) is 24.0 Å². The number of fused-ring (bicyclic) bond motifs is 1. The van der Waals surface area contributed by atoms with Crippen molar-refractivity contribution in [2.45, 2.75) is 25.3 Å². The van der Waals surface area contributed by atoms with E-state index >= 15 is 0 Å². The maximum absolute atomic E-state index is 5.46. The van der Waals surface area contributed by atoms with E-state index < -0.39 is 0 Å². The minimum atomic E-state index is 0.568. The molecule has 0 spiro atoms. The average molecular weight is 318 g/mol. The van der Waals surface area contributed by atoms with Gasteiger partial charge < -0.3 is 9.64 Å². The maximum Gasteiger partial charge on any atom is 0.144 e.